The first-order valence-corrected chi connectivity index (χ1v) is 7.05. The quantitative estimate of drug-likeness (QED) is 0.734. The van der Waals surface area contributed by atoms with Gasteiger partial charge in [0.2, 0.25) is 0 Å². The lowest BCUT2D eigenvalue weighted by molar-refractivity contribution is -0.149. The minimum absolute atomic E-state index is 0.161. The summed E-state index contributed by atoms with van der Waals surface area (Å²) in [4.78, 5) is 14.1. The summed E-state index contributed by atoms with van der Waals surface area (Å²) < 4.78 is 10.4. The molecule has 0 amide bonds. The molecule has 112 valence electrons. The van der Waals surface area contributed by atoms with Crippen LogP contribution in [0.15, 0.2) is 53.3 Å². The molecule has 0 aliphatic carbocycles. The molecule has 0 bridgehead atoms. The molecule has 1 aromatic carbocycles. The predicted octanol–water partition coefficient (Wildman–Crippen LogP) is 3.09. The summed E-state index contributed by atoms with van der Waals surface area (Å²) in [6.07, 6.45) is 3.37. The van der Waals surface area contributed by atoms with Crippen LogP contribution < -0.4 is 0 Å². The van der Waals surface area contributed by atoms with Crippen molar-refractivity contribution in [1.82, 2.24) is 4.90 Å². The van der Waals surface area contributed by atoms with Crippen LogP contribution in [0.2, 0.25) is 0 Å². The van der Waals surface area contributed by atoms with Crippen LogP contribution >= 0.6 is 0 Å². The van der Waals surface area contributed by atoms with E-state index in [0.29, 0.717) is 13.2 Å². The van der Waals surface area contributed by atoms with Crippen LogP contribution in [0.1, 0.15) is 18.1 Å². The fourth-order valence-corrected chi connectivity index (χ4v) is 2.17. The van der Waals surface area contributed by atoms with E-state index in [9.17, 15) is 4.79 Å². The maximum atomic E-state index is 12.0. The predicted molar refractivity (Wildman–Crippen MR) is 80.4 cm³/mol. The molecule has 1 unspecified atom stereocenters. The Morgan fingerprint density at radius 3 is 2.67 bits per heavy atom. The van der Waals surface area contributed by atoms with E-state index in [0.717, 1.165) is 17.7 Å². The fraction of sp³-hybridized carbons (Fsp3) is 0.353. The number of carbonyl (C=O) groups excluding carboxylic acids is 1. The Hall–Kier alpha value is -2.07. The summed E-state index contributed by atoms with van der Waals surface area (Å²) in [5.74, 6) is -0.330. The zero-order chi connectivity index (χ0) is 15.1. The molecule has 0 spiro atoms. The van der Waals surface area contributed by atoms with Crippen LogP contribution in [0, 0.1) is 5.92 Å². The zero-order valence-corrected chi connectivity index (χ0v) is 12.5. The van der Waals surface area contributed by atoms with Gasteiger partial charge in [-0.05, 0) is 18.7 Å². The highest BCUT2D eigenvalue weighted by Gasteiger charge is 2.17. The second-order valence-corrected chi connectivity index (χ2v) is 5.32. The maximum Gasteiger partial charge on any atom is 0.310 e. The lowest BCUT2D eigenvalue weighted by atomic mass is 10.1. The van der Waals surface area contributed by atoms with Crippen LogP contribution in [-0.4, -0.2) is 24.5 Å². The first-order valence-electron chi connectivity index (χ1n) is 7.05. The van der Waals surface area contributed by atoms with Crippen LogP contribution in [0.5, 0.6) is 0 Å². The van der Waals surface area contributed by atoms with Crippen molar-refractivity contribution in [3.63, 3.8) is 0 Å². The molecule has 0 N–H and O–H groups in total. The Bertz CT molecular complexity index is 536. The number of ether oxygens (including phenoxy) is 1. The highest BCUT2D eigenvalue weighted by molar-refractivity contribution is 5.72. The minimum Gasteiger partial charge on any atom is -0.472 e. The molecule has 1 aromatic heterocycles. The molecule has 4 heteroatoms. The molecule has 0 radical (unpaired) electrons. The van der Waals surface area contributed by atoms with Gasteiger partial charge in [-0.3, -0.25) is 4.79 Å². The molecule has 0 saturated heterocycles. The van der Waals surface area contributed by atoms with Gasteiger partial charge in [-0.25, -0.2) is 0 Å². The lowest BCUT2D eigenvalue weighted by Gasteiger charge is -2.19. The van der Waals surface area contributed by atoms with Crippen molar-refractivity contribution >= 4 is 5.97 Å². The second-order valence-electron chi connectivity index (χ2n) is 5.32. The van der Waals surface area contributed by atoms with E-state index >= 15 is 0 Å². The Balaban J connectivity index is 1.74. The number of benzene rings is 1. The van der Waals surface area contributed by atoms with E-state index in [4.69, 9.17) is 9.15 Å². The zero-order valence-electron chi connectivity index (χ0n) is 12.5. The Labute approximate surface area is 125 Å². The third-order valence-corrected chi connectivity index (χ3v) is 3.24. The Morgan fingerprint density at radius 1 is 1.24 bits per heavy atom. The Kier molecular flexibility index (Phi) is 5.58. The van der Waals surface area contributed by atoms with E-state index in [1.807, 2.05) is 50.4 Å². The van der Waals surface area contributed by atoms with Gasteiger partial charge in [0, 0.05) is 18.7 Å². The maximum absolute atomic E-state index is 12.0. The molecule has 21 heavy (non-hydrogen) atoms. The second kappa shape index (κ2) is 7.64. The molecular weight excluding hydrogens is 266 g/mol. The van der Waals surface area contributed by atoms with Crippen molar-refractivity contribution in [2.45, 2.75) is 20.1 Å². The van der Waals surface area contributed by atoms with Crippen LogP contribution in [0.25, 0.3) is 0 Å². The van der Waals surface area contributed by atoms with Gasteiger partial charge in [0.15, 0.2) is 0 Å². The van der Waals surface area contributed by atoms with Crippen molar-refractivity contribution in [2.75, 3.05) is 13.6 Å². The van der Waals surface area contributed by atoms with E-state index < -0.39 is 0 Å². The average Bonchev–Trinajstić information content (AvgIpc) is 2.98. The summed E-state index contributed by atoms with van der Waals surface area (Å²) in [7, 11) is 1.98. The fourth-order valence-electron chi connectivity index (χ4n) is 2.17. The summed E-state index contributed by atoms with van der Waals surface area (Å²) >= 11 is 0. The van der Waals surface area contributed by atoms with E-state index in [-0.39, 0.29) is 11.9 Å². The number of hydrogen-bond donors (Lipinski definition) is 0. The van der Waals surface area contributed by atoms with E-state index in [1.165, 1.54) is 0 Å². The standard InChI is InChI=1S/C17H21NO3/c1-14(10-18(2)11-16-8-9-20-12-16)17(19)21-13-15-6-4-3-5-7-15/h3-9,12,14H,10-11,13H2,1-2H3. The van der Waals surface area contributed by atoms with Crippen molar-refractivity contribution < 1.29 is 13.9 Å². The molecule has 2 aromatic rings. The van der Waals surface area contributed by atoms with Gasteiger partial charge < -0.3 is 14.1 Å². The number of nitrogens with zero attached hydrogens (tertiary/aromatic N) is 1. The monoisotopic (exact) mass is 287 g/mol. The van der Waals surface area contributed by atoms with Gasteiger partial charge in [0.25, 0.3) is 0 Å². The van der Waals surface area contributed by atoms with Gasteiger partial charge in [0.05, 0.1) is 18.4 Å². The summed E-state index contributed by atoms with van der Waals surface area (Å²) in [6.45, 7) is 3.63. The third-order valence-electron chi connectivity index (χ3n) is 3.24. The van der Waals surface area contributed by atoms with Crippen molar-refractivity contribution in [1.29, 1.82) is 0 Å². The molecule has 1 atom stereocenters. The molecule has 0 aliphatic heterocycles. The number of furan rings is 1. The molecular formula is C17H21NO3. The van der Waals surface area contributed by atoms with Gasteiger partial charge in [-0.15, -0.1) is 0 Å². The number of carbonyl (C=O) groups is 1. The minimum atomic E-state index is -0.169. The van der Waals surface area contributed by atoms with Gasteiger partial charge >= 0.3 is 5.97 Å². The van der Waals surface area contributed by atoms with Crippen LogP contribution in [-0.2, 0) is 22.7 Å². The molecule has 2 rings (SSSR count). The smallest absolute Gasteiger partial charge is 0.310 e. The average molecular weight is 287 g/mol. The van der Waals surface area contributed by atoms with Gasteiger partial charge in [-0.2, -0.15) is 0 Å². The largest absolute Gasteiger partial charge is 0.472 e. The summed E-state index contributed by atoms with van der Waals surface area (Å²) in [5, 5.41) is 0. The lowest BCUT2D eigenvalue weighted by Crippen LogP contribution is -2.29. The Morgan fingerprint density at radius 2 is 2.00 bits per heavy atom. The number of hydrogen-bond acceptors (Lipinski definition) is 4. The summed E-state index contributed by atoms with van der Waals surface area (Å²) in [5.41, 5.74) is 2.10. The van der Waals surface area contributed by atoms with Crippen LogP contribution in [0.3, 0.4) is 0 Å². The molecule has 0 aliphatic rings. The number of esters is 1. The normalized spacial score (nSPS) is 12.3. The van der Waals surface area contributed by atoms with Crippen molar-refractivity contribution in [3.05, 3.63) is 60.1 Å². The molecule has 0 fully saturated rings. The SMILES string of the molecule is CC(CN(C)Cc1ccoc1)C(=O)OCc1ccccc1. The van der Waals surface area contributed by atoms with Gasteiger partial charge in [-0.1, -0.05) is 37.3 Å². The van der Waals surface area contributed by atoms with Gasteiger partial charge in [0.1, 0.15) is 6.61 Å². The van der Waals surface area contributed by atoms with Crippen molar-refractivity contribution in [3.8, 4) is 0 Å². The molecule has 1 heterocycles. The third kappa shape index (κ3) is 5.08. The molecule has 4 nitrogen and oxygen atoms in total. The van der Waals surface area contributed by atoms with E-state index in [2.05, 4.69) is 4.90 Å². The first kappa shape index (κ1) is 15.3. The highest BCUT2D eigenvalue weighted by Crippen LogP contribution is 2.09. The summed E-state index contributed by atoms with van der Waals surface area (Å²) in [6, 6.07) is 11.6. The van der Waals surface area contributed by atoms with Crippen molar-refractivity contribution in [2.24, 2.45) is 5.92 Å². The van der Waals surface area contributed by atoms with E-state index in [1.54, 1.807) is 12.5 Å². The highest BCUT2D eigenvalue weighted by atomic mass is 16.5. The van der Waals surface area contributed by atoms with Crippen LogP contribution in [0.4, 0.5) is 0 Å². The topological polar surface area (TPSA) is 42.7 Å². The first-order chi connectivity index (χ1) is 10.1. The molecule has 0 saturated carbocycles. The number of rotatable bonds is 7.